The molecule has 3 rings (SSSR count). The molecule has 0 aliphatic carbocycles. The van der Waals surface area contributed by atoms with Crippen LogP contribution in [0.25, 0.3) is 0 Å². The number of sulfonamides is 1. The normalized spacial score (nSPS) is 18.5. The van der Waals surface area contributed by atoms with Crippen LogP contribution in [0, 0.1) is 0 Å². The molecule has 1 N–H and O–H groups in total. The molecule has 1 saturated heterocycles. The minimum atomic E-state index is -3.86. The van der Waals surface area contributed by atoms with Crippen LogP contribution in [0.2, 0.25) is 5.02 Å². The van der Waals surface area contributed by atoms with Gasteiger partial charge in [-0.25, -0.2) is 13.2 Å². The van der Waals surface area contributed by atoms with Gasteiger partial charge in [-0.05, 0) is 29.8 Å². The van der Waals surface area contributed by atoms with Crippen molar-refractivity contribution in [2.75, 3.05) is 26.7 Å². The van der Waals surface area contributed by atoms with Crippen LogP contribution in [0.1, 0.15) is 22.0 Å². The Kier molecular flexibility index (Phi) is 5.57. The molecule has 1 atom stereocenters. The molecule has 138 valence electrons. The molecule has 2 aromatic rings. The Morgan fingerprint density at radius 1 is 1.38 bits per heavy atom. The van der Waals surface area contributed by atoms with Crippen LogP contribution < -0.4 is 5.32 Å². The van der Waals surface area contributed by atoms with Gasteiger partial charge in [0, 0.05) is 32.0 Å². The number of carbonyl (C=O) groups is 1. The van der Waals surface area contributed by atoms with Gasteiger partial charge in [0.2, 0.25) is 10.0 Å². The molecule has 1 aromatic carbocycles. The molecule has 1 aliphatic rings. The van der Waals surface area contributed by atoms with Gasteiger partial charge >= 0.3 is 5.97 Å². The highest BCUT2D eigenvalue weighted by atomic mass is 35.5. The number of piperazine rings is 1. The Hall–Kier alpha value is -2.00. The van der Waals surface area contributed by atoms with Crippen LogP contribution in [-0.2, 0) is 14.8 Å². The van der Waals surface area contributed by atoms with Crippen LogP contribution in [-0.4, -0.2) is 50.4 Å². The first-order valence-electron chi connectivity index (χ1n) is 7.95. The van der Waals surface area contributed by atoms with E-state index >= 15 is 0 Å². The summed E-state index contributed by atoms with van der Waals surface area (Å²) in [4.78, 5) is 15.7. The van der Waals surface area contributed by atoms with E-state index in [1.165, 1.54) is 29.6 Å². The Balaban J connectivity index is 1.99. The highest BCUT2D eigenvalue weighted by Crippen LogP contribution is 2.32. The van der Waals surface area contributed by atoms with Crippen LogP contribution in [0.15, 0.2) is 47.6 Å². The third-order valence-corrected chi connectivity index (χ3v) is 6.59. The van der Waals surface area contributed by atoms with Gasteiger partial charge in [0.15, 0.2) is 0 Å². The first-order chi connectivity index (χ1) is 12.4. The standard InChI is InChI=1S/C17H18ClN3O4S/c1-25-17(22)12-4-5-16(14(18)9-12)26(23,24)21-8-7-20-11-15(21)13-3-2-6-19-10-13/h2-6,9-10,15,20H,7-8,11H2,1H3. The first kappa shape index (κ1) is 18.8. The number of aromatic nitrogens is 1. The van der Waals surface area contributed by atoms with E-state index in [9.17, 15) is 13.2 Å². The molecule has 1 unspecified atom stereocenters. The van der Waals surface area contributed by atoms with E-state index in [2.05, 4.69) is 15.0 Å². The zero-order chi connectivity index (χ0) is 18.7. The van der Waals surface area contributed by atoms with E-state index in [1.54, 1.807) is 18.5 Å². The van der Waals surface area contributed by atoms with Gasteiger partial charge in [-0.15, -0.1) is 0 Å². The SMILES string of the molecule is COC(=O)c1ccc(S(=O)(=O)N2CCNCC2c2cccnc2)c(Cl)c1. The highest BCUT2D eigenvalue weighted by molar-refractivity contribution is 7.89. The lowest BCUT2D eigenvalue weighted by Gasteiger charge is -2.35. The Morgan fingerprint density at radius 3 is 2.85 bits per heavy atom. The van der Waals surface area contributed by atoms with E-state index in [0.29, 0.717) is 19.6 Å². The van der Waals surface area contributed by atoms with E-state index in [4.69, 9.17) is 11.6 Å². The van der Waals surface area contributed by atoms with Crippen molar-refractivity contribution in [2.45, 2.75) is 10.9 Å². The van der Waals surface area contributed by atoms with Crippen molar-refractivity contribution >= 4 is 27.6 Å². The summed E-state index contributed by atoms with van der Waals surface area (Å²) in [6.07, 6.45) is 3.29. The molecule has 1 fully saturated rings. The van der Waals surface area contributed by atoms with Gasteiger partial charge in [0.25, 0.3) is 0 Å². The summed E-state index contributed by atoms with van der Waals surface area (Å²) in [7, 11) is -2.61. The predicted octanol–water partition coefficient (Wildman–Crippen LogP) is 1.86. The lowest BCUT2D eigenvalue weighted by atomic mass is 10.1. The second kappa shape index (κ2) is 7.71. The summed E-state index contributed by atoms with van der Waals surface area (Å²) in [5.74, 6) is -0.578. The van der Waals surface area contributed by atoms with Crippen molar-refractivity contribution in [3.63, 3.8) is 0 Å². The number of nitrogens with zero attached hydrogens (tertiary/aromatic N) is 2. The Morgan fingerprint density at radius 2 is 2.19 bits per heavy atom. The fraction of sp³-hybridized carbons (Fsp3) is 0.294. The molecule has 26 heavy (non-hydrogen) atoms. The zero-order valence-electron chi connectivity index (χ0n) is 14.1. The molecule has 1 aliphatic heterocycles. The van der Waals surface area contributed by atoms with Gasteiger partial charge in [-0.1, -0.05) is 17.7 Å². The molecule has 0 saturated carbocycles. The second-order valence-electron chi connectivity index (χ2n) is 5.76. The Labute approximate surface area is 157 Å². The third-order valence-electron chi connectivity index (χ3n) is 4.20. The smallest absolute Gasteiger partial charge is 0.337 e. The summed E-state index contributed by atoms with van der Waals surface area (Å²) < 4.78 is 32.5. The molecule has 1 aromatic heterocycles. The van der Waals surface area contributed by atoms with Gasteiger partial charge < -0.3 is 10.1 Å². The van der Waals surface area contributed by atoms with E-state index in [-0.39, 0.29) is 21.5 Å². The van der Waals surface area contributed by atoms with E-state index < -0.39 is 16.0 Å². The molecule has 7 nitrogen and oxygen atoms in total. The minimum Gasteiger partial charge on any atom is -0.465 e. The van der Waals surface area contributed by atoms with Gasteiger partial charge in [-0.2, -0.15) is 4.31 Å². The number of rotatable bonds is 4. The molecule has 0 bridgehead atoms. The van der Waals surface area contributed by atoms with Crippen LogP contribution in [0.5, 0.6) is 0 Å². The summed E-state index contributed by atoms with van der Waals surface area (Å²) in [5.41, 5.74) is 0.992. The van der Waals surface area contributed by atoms with Gasteiger partial charge in [-0.3, -0.25) is 4.98 Å². The number of nitrogens with one attached hydrogen (secondary N) is 1. The van der Waals surface area contributed by atoms with Crippen LogP contribution in [0.4, 0.5) is 0 Å². The summed E-state index contributed by atoms with van der Waals surface area (Å²) in [6, 6.07) is 7.26. The van der Waals surface area contributed by atoms with Crippen molar-refractivity contribution in [3.05, 3.63) is 58.9 Å². The summed E-state index contributed by atoms with van der Waals surface area (Å²) in [6.45, 7) is 1.31. The average Bonchev–Trinajstić information content (AvgIpc) is 2.67. The number of hydrogen-bond acceptors (Lipinski definition) is 6. The fourth-order valence-electron chi connectivity index (χ4n) is 2.91. The number of hydrogen-bond donors (Lipinski definition) is 1. The average molecular weight is 396 g/mol. The minimum absolute atomic E-state index is 0.0173. The lowest BCUT2D eigenvalue weighted by molar-refractivity contribution is 0.0600. The Bertz CT molecular complexity index is 905. The maximum atomic E-state index is 13.2. The van der Waals surface area contributed by atoms with Gasteiger partial charge in [0.1, 0.15) is 4.90 Å². The number of ether oxygens (including phenoxy) is 1. The number of benzene rings is 1. The number of carbonyl (C=O) groups excluding carboxylic acids is 1. The second-order valence-corrected chi connectivity index (χ2v) is 8.02. The zero-order valence-corrected chi connectivity index (χ0v) is 15.6. The lowest BCUT2D eigenvalue weighted by Crippen LogP contribution is -2.48. The molecule has 2 heterocycles. The van der Waals surface area contributed by atoms with Crippen molar-refractivity contribution < 1.29 is 17.9 Å². The van der Waals surface area contributed by atoms with E-state index in [0.717, 1.165) is 5.56 Å². The summed E-state index contributed by atoms with van der Waals surface area (Å²) in [5, 5.41) is 3.19. The fourth-order valence-corrected chi connectivity index (χ4v) is 5.05. The van der Waals surface area contributed by atoms with Crippen LogP contribution >= 0.6 is 11.6 Å². The predicted molar refractivity (Wildman–Crippen MR) is 96.5 cm³/mol. The molecular formula is C17H18ClN3O4S. The molecule has 0 spiro atoms. The quantitative estimate of drug-likeness (QED) is 0.795. The molecule has 9 heteroatoms. The van der Waals surface area contributed by atoms with Crippen LogP contribution in [0.3, 0.4) is 0 Å². The van der Waals surface area contributed by atoms with E-state index in [1.807, 2.05) is 6.07 Å². The molecular weight excluding hydrogens is 378 g/mol. The maximum Gasteiger partial charge on any atom is 0.337 e. The van der Waals surface area contributed by atoms with Gasteiger partial charge in [0.05, 0.1) is 23.7 Å². The summed E-state index contributed by atoms with van der Waals surface area (Å²) >= 11 is 6.19. The largest absolute Gasteiger partial charge is 0.465 e. The number of pyridine rings is 1. The van der Waals surface area contributed by atoms with Crippen molar-refractivity contribution in [1.29, 1.82) is 0 Å². The molecule has 0 amide bonds. The third kappa shape index (κ3) is 3.59. The van der Waals surface area contributed by atoms with Crippen molar-refractivity contribution in [3.8, 4) is 0 Å². The number of methoxy groups -OCH3 is 1. The molecule has 0 radical (unpaired) electrons. The first-order valence-corrected chi connectivity index (χ1v) is 9.77. The topological polar surface area (TPSA) is 88.6 Å². The number of esters is 1. The monoisotopic (exact) mass is 395 g/mol. The highest BCUT2D eigenvalue weighted by Gasteiger charge is 2.35. The van der Waals surface area contributed by atoms with Crippen molar-refractivity contribution in [2.24, 2.45) is 0 Å². The van der Waals surface area contributed by atoms with Crippen molar-refractivity contribution in [1.82, 2.24) is 14.6 Å². The number of halogens is 1. The maximum absolute atomic E-state index is 13.2.